The third-order valence-corrected chi connectivity index (χ3v) is 3.97. The number of carbonyl (C=O) groups excluding carboxylic acids is 1. The number of rotatable bonds is 5. The number of carbonyl (C=O) groups is 1. The maximum absolute atomic E-state index is 11.7. The highest BCUT2D eigenvalue weighted by molar-refractivity contribution is 9.10. The smallest absolute Gasteiger partial charge is 0.372 e. The Morgan fingerprint density at radius 1 is 1.17 bits per heavy atom. The van der Waals surface area contributed by atoms with E-state index >= 15 is 0 Å². The van der Waals surface area contributed by atoms with E-state index in [1.165, 1.54) is 0 Å². The molecule has 0 amide bonds. The molecule has 2 rings (SSSR count). The number of benzene rings is 2. The zero-order chi connectivity index (χ0) is 16.8. The third kappa shape index (κ3) is 5.37. The van der Waals surface area contributed by atoms with Gasteiger partial charge in [-0.3, -0.25) is 0 Å². The summed E-state index contributed by atoms with van der Waals surface area (Å²) in [5.41, 5.74) is 7.49. The van der Waals surface area contributed by atoms with Gasteiger partial charge in [0.05, 0.1) is 4.47 Å². The number of aryl methyl sites for hydroxylation is 1. The fraction of sp³-hybridized carbons (Fsp3) is 0.125. The molecule has 0 radical (unpaired) electrons. The Labute approximate surface area is 150 Å². The molecule has 2 aromatic rings. The minimum Gasteiger partial charge on any atom is -0.481 e. The summed E-state index contributed by atoms with van der Waals surface area (Å²) >= 11 is 6.69. The second kappa shape index (κ2) is 8.12. The van der Waals surface area contributed by atoms with Crippen LogP contribution in [0.5, 0.6) is 5.75 Å². The van der Waals surface area contributed by atoms with Crippen LogP contribution in [-0.4, -0.2) is 18.4 Å². The number of ether oxygens (including phenoxy) is 1. The molecule has 5 nitrogen and oxygen atoms in total. The van der Waals surface area contributed by atoms with E-state index in [4.69, 9.17) is 15.3 Å². The Morgan fingerprint density at radius 2 is 1.87 bits per heavy atom. The average molecular weight is 442 g/mol. The van der Waals surface area contributed by atoms with E-state index in [1.54, 1.807) is 18.2 Å². The van der Waals surface area contributed by atoms with Gasteiger partial charge in [0.2, 0.25) is 0 Å². The van der Waals surface area contributed by atoms with Crippen molar-refractivity contribution in [2.45, 2.75) is 6.92 Å². The van der Waals surface area contributed by atoms with Crippen LogP contribution in [0.4, 0.5) is 0 Å². The van der Waals surface area contributed by atoms with Gasteiger partial charge in [-0.2, -0.15) is 0 Å². The SMILES string of the molecule is Cc1ccc(OCC(=O)O/N=C(\N)c2ccc(Br)cc2)c(Br)c1. The number of nitrogens with two attached hydrogens (primary N) is 1. The molecule has 0 bridgehead atoms. The average Bonchev–Trinajstić information content (AvgIpc) is 2.52. The molecule has 0 aliphatic carbocycles. The lowest BCUT2D eigenvalue weighted by Gasteiger charge is -2.07. The van der Waals surface area contributed by atoms with Crippen molar-refractivity contribution in [2.24, 2.45) is 10.9 Å². The lowest BCUT2D eigenvalue weighted by Crippen LogP contribution is -2.18. The van der Waals surface area contributed by atoms with Gasteiger partial charge in [0.15, 0.2) is 12.4 Å². The first-order chi connectivity index (χ1) is 11.0. The molecule has 120 valence electrons. The first-order valence-corrected chi connectivity index (χ1v) is 8.22. The molecule has 0 aliphatic rings. The van der Waals surface area contributed by atoms with Crippen molar-refractivity contribution in [2.75, 3.05) is 6.61 Å². The van der Waals surface area contributed by atoms with Gasteiger partial charge in [-0.25, -0.2) is 4.79 Å². The van der Waals surface area contributed by atoms with Crippen molar-refractivity contribution in [3.63, 3.8) is 0 Å². The van der Waals surface area contributed by atoms with Crippen LogP contribution in [0.15, 0.2) is 56.6 Å². The lowest BCUT2D eigenvalue weighted by atomic mass is 10.2. The van der Waals surface area contributed by atoms with Gasteiger partial charge in [0.25, 0.3) is 0 Å². The number of oxime groups is 1. The Kier molecular flexibility index (Phi) is 6.18. The van der Waals surface area contributed by atoms with Gasteiger partial charge in [0, 0.05) is 10.0 Å². The van der Waals surface area contributed by atoms with Crippen LogP contribution in [-0.2, 0) is 9.63 Å². The van der Waals surface area contributed by atoms with Crippen LogP contribution in [0.3, 0.4) is 0 Å². The van der Waals surface area contributed by atoms with Crippen molar-refractivity contribution < 1.29 is 14.4 Å². The monoisotopic (exact) mass is 440 g/mol. The summed E-state index contributed by atoms with van der Waals surface area (Å²) in [6, 6.07) is 12.7. The molecule has 2 N–H and O–H groups in total. The summed E-state index contributed by atoms with van der Waals surface area (Å²) in [5, 5.41) is 3.61. The van der Waals surface area contributed by atoms with Gasteiger partial charge < -0.3 is 15.3 Å². The van der Waals surface area contributed by atoms with E-state index < -0.39 is 5.97 Å². The maximum atomic E-state index is 11.7. The van der Waals surface area contributed by atoms with Crippen molar-refractivity contribution in [3.8, 4) is 5.75 Å². The van der Waals surface area contributed by atoms with E-state index in [1.807, 2.05) is 31.2 Å². The first kappa shape index (κ1) is 17.5. The van der Waals surface area contributed by atoms with Gasteiger partial charge in [-0.05, 0) is 52.7 Å². The minimum atomic E-state index is -0.641. The molecule has 0 spiro atoms. The second-order valence-electron chi connectivity index (χ2n) is 4.67. The van der Waals surface area contributed by atoms with E-state index in [9.17, 15) is 4.79 Å². The lowest BCUT2D eigenvalue weighted by molar-refractivity contribution is -0.146. The van der Waals surface area contributed by atoms with Crippen molar-refractivity contribution >= 4 is 43.7 Å². The number of hydrogen-bond donors (Lipinski definition) is 1. The van der Waals surface area contributed by atoms with Crippen LogP contribution < -0.4 is 10.5 Å². The molecule has 0 saturated carbocycles. The fourth-order valence-electron chi connectivity index (χ4n) is 1.66. The molecule has 0 saturated heterocycles. The minimum absolute atomic E-state index is 0.113. The summed E-state index contributed by atoms with van der Waals surface area (Å²) in [5.74, 6) is 0.0253. The predicted molar refractivity (Wildman–Crippen MR) is 95.3 cm³/mol. The largest absolute Gasteiger partial charge is 0.481 e. The van der Waals surface area contributed by atoms with Crippen LogP contribution in [0, 0.1) is 6.92 Å². The number of halogens is 2. The van der Waals surface area contributed by atoms with E-state index in [-0.39, 0.29) is 12.4 Å². The Balaban J connectivity index is 1.89. The van der Waals surface area contributed by atoms with Gasteiger partial charge >= 0.3 is 5.97 Å². The zero-order valence-corrected chi connectivity index (χ0v) is 15.4. The molecule has 23 heavy (non-hydrogen) atoms. The summed E-state index contributed by atoms with van der Waals surface area (Å²) < 4.78 is 7.06. The topological polar surface area (TPSA) is 73.9 Å². The van der Waals surface area contributed by atoms with Crippen LogP contribution in [0.1, 0.15) is 11.1 Å². The maximum Gasteiger partial charge on any atom is 0.372 e. The van der Waals surface area contributed by atoms with Crippen LogP contribution in [0.25, 0.3) is 0 Å². The van der Waals surface area contributed by atoms with Gasteiger partial charge in [-0.1, -0.05) is 39.3 Å². The fourth-order valence-corrected chi connectivity index (χ4v) is 2.53. The first-order valence-electron chi connectivity index (χ1n) is 6.64. The molecule has 7 heteroatoms. The Hall–Kier alpha value is -1.86. The second-order valence-corrected chi connectivity index (χ2v) is 6.44. The van der Waals surface area contributed by atoms with Gasteiger partial charge in [-0.15, -0.1) is 0 Å². The molecule has 0 atom stereocenters. The molecule has 0 unspecified atom stereocenters. The summed E-state index contributed by atoms with van der Waals surface area (Å²) in [6.45, 7) is 1.70. The van der Waals surface area contributed by atoms with Crippen LogP contribution >= 0.6 is 31.9 Å². The molecular weight excluding hydrogens is 428 g/mol. The Morgan fingerprint density at radius 3 is 2.52 bits per heavy atom. The molecule has 0 fully saturated rings. The van der Waals surface area contributed by atoms with Crippen LogP contribution in [0.2, 0.25) is 0 Å². The predicted octanol–water partition coefficient (Wildman–Crippen LogP) is 3.76. The van der Waals surface area contributed by atoms with Crippen molar-refractivity contribution in [3.05, 3.63) is 62.5 Å². The van der Waals surface area contributed by atoms with Crippen molar-refractivity contribution in [1.29, 1.82) is 0 Å². The van der Waals surface area contributed by atoms with E-state index in [2.05, 4.69) is 37.0 Å². The molecule has 0 aliphatic heterocycles. The highest BCUT2D eigenvalue weighted by Crippen LogP contribution is 2.25. The highest BCUT2D eigenvalue weighted by Gasteiger charge is 2.08. The molecule has 0 aromatic heterocycles. The molecule has 2 aromatic carbocycles. The summed E-state index contributed by atoms with van der Waals surface area (Å²) in [4.78, 5) is 16.4. The number of amidine groups is 1. The Bertz CT molecular complexity index is 731. The zero-order valence-electron chi connectivity index (χ0n) is 12.3. The summed E-state index contributed by atoms with van der Waals surface area (Å²) in [6.07, 6.45) is 0. The molecular formula is C16H14Br2N2O3. The van der Waals surface area contributed by atoms with Crippen molar-refractivity contribution in [1.82, 2.24) is 0 Å². The van der Waals surface area contributed by atoms with E-state index in [0.29, 0.717) is 11.3 Å². The van der Waals surface area contributed by atoms with Gasteiger partial charge in [0.1, 0.15) is 5.75 Å². The molecule has 0 heterocycles. The summed E-state index contributed by atoms with van der Waals surface area (Å²) in [7, 11) is 0. The quantitative estimate of drug-likeness (QED) is 0.331. The normalized spacial score (nSPS) is 11.2. The number of hydrogen-bond acceptors (Lipinski definition) is 4. The van der Waals surface area contributed by atoms with E-state index in [0.717, 1.165) is 14.5 Å². The number of nitrogens with zero attached hydrogens (tertiary/aromatic N) is 1. The standard InChI is InChI=1S/C16H14Br2N2O3/c1-10-2-7-14(13(18)8-10)22-9-15(21)23-20-16(19)11-3-5-12(17)6-4-11/h2-8H,9H2,1H3,(H2,19,20). The third-order valence-electron chi connectivity index (χ3n) is 2.82. The highest BCUT2D eigenvalue weighted by atomic mass is 79.9.